The summed E-state index contributed by atoms with van der Waals surface area (Å²) in [6.07, 6.45) is 1.88. The molecule has 1 saturated heterocycles. The fourth-order valence-electron chi connectivity index (χ4n) is 0.973. The van der Waals surface area contributed by atoms with E-state index in [9.17, 15) is 8.40 Å². The predicted molar refractivity (Wildman–Crippen MR) is 34.6 cm³/mol. The van der Waals surface area contributed by atoms with E-state index < -0.39 is 14.8 Å². The summed E-state index contributed by atoms with van der Waals surface area (Å²) in [4.78, 5) is 0.511. The molecule has 0 atom stereocenters. The van der Waals surface area contributed by atoms with Gasteiger partial charge in [-0.3, -0.25) is 0 Å². The molecule has 0 saturated carbocycles. The number of hydroxylamine groups is 2. The van der Waals surface area contributed by atoms with E-state index in [4.69, 9.17) is 0 Å². The molecule has 11 heavy (non-hydrogen) atoms. The number of rotatable bonds is 2. The van der Waals surface area contributed by atoms with E-state index in [2.05, 4.69) is 19.9 Å². The van der Waals surface area contributed by atoms with Gasteiger partial charge >= 0.3 is 14.8 Å². The second-order valence-electron chi connectivity index (χ2n) is 2.36. The summed E-state index contributed by atoms with van der Waals surface area (Å²) in [6.45, 7) is 1.38. The standard InChI is InChI=1S/C5H9Br2NO3/c6-5-1-3-8(4-2-5)11-7(9)10/h5H,1-4H2. The number of alkyl halides is 1. The van der Waals surface area contributed by atoms with E-state index in [0.717, 1.165) is 12.8 Å². The Morgan fingerprint density at radius 1 is 1.36 bits per heavy atom. The first-order valence-corrected chi connectivity index (χ1v) is 6.17. The van der Waals surface area contributed by atoms with Crippen LogP contribution in [0.25, 0.3) is 0 Å². The molecule has 0 aromatic heterocycles. The monoisotopic (exact) mass is 289 g/mol. The summed E-state index contributed by atoms with van der Waals surface area (Å²) in [5.41, 5.74) is 0. The van der Waals surface area contributed by atoms with Crippen molar-refractivity contribution in [3.05, 3.63) is 0 Å². The van der Waals surface area contributed by atoms with E-state index in [0.29, 0.717) is 17.9 Å². The van der Waals surface area contributed by atoms with Crippen molar-refractivity contribution in [3.8, 4) is 0 Å². The molecule has 1 fully saturated rings. The minimum atomic E-state index is -3.06. The Bertz CT molecular complexity index is 116. The van der Waals surface area contributed by atoms with Crippen LogP contribution in [0, 0.1) is 14.8 Å². The van der Waals surface area contributed by atoms with Crippen molar-refractivity contribution < 1.29 is 27.1 Å². The number of hydrogen-bond donors (Lipinski definition) is 0. The lowest BCUT2D eigenvalue weighted by molar-refractivity contribution is -1.64. The Morgan fingerprint density at radius 2 is 1.91 bits per heavy atom. The minimum Gasteiger partial charge on any atom is -0.371 e. The maximum absolute atomic E-state index is 10.1. The molecule has 1 aliphatic rings. The van der Waals surface area contributed by atoms with Crippen molar-refractivity contribution in [2.75, 3.05) is 13.1 Å². The van der Waals surface area contributed by atoms with Gasteiger partial charge in [0.2, 0.25) is 0 Å². The molecule has 1 heterocycles. The van der Waals surface area contributed by atoms with Gasteiger partial charge in [-0.2, -0.15) is 0 Å². The van der Waals surface area contributed by atoms with Crippen LogP contribution in [-0.4, -0.2) is 23.0 Å². The first kappa shape index (κ1) is 9.88. The van der Waals surface area contributed by atoms with Crippen LogP contribution in [0.15, 0.2) is 0 Å². The van der Waals surface area contributed by atoms with E-state index in [1.54, 1.807) is 0 Å². The van der Waals surface area contributed by atoms with Gasteiger partial charge in [-0.05, 0) is 12.8 Å². The fraction of sp³-hybridized carbons (Fsp3) is 1.00. The highest BCUT2D eigenvalue weighted by Gasteiger charge is 2.25. The van der Waals surface area contributed by atoms with Crippen molar-refractivity contribution >= 4 is 15.9 Å². The summed E-state index contributed by atoms with van der Waals surface area (Å²) in [7, 11) is 0. The molecule has 6 heteroatoms. The third-order valence-corrected chi connectivity index (χ3v) is 3.10. The van der Waals surface area contributed by atoms with Crippen molar-refractivity contribution in [1.82, 2.24) is 5.06 Å². The summed E-state index contributed by atoms with van der Waals surface area (Å²) < 4.78 is 24.8. The molecule has 66 valence electrons. The molecular formula is C5H9Br2NO3. The molecule has 0 bridgehead atoms. The van der Waals surface area contributed by atoms with Crippen LogP contribution in [0.5, 0.6) is 0 Å². The molecule has 0 amide bonds. The first-order valence-electron chi connectivity index (χ1n) is 3.31. The smallest absolute Gasteiger partial charge is 0.371 e. The SMILES string of the molecule is [O-][Br+2]([O-])ON1CCC(Br)CC1. The van der Waals surface area contributed by atoms with Gasteiger partial charge in [-0.25, -0.2) is 0 Å². The van der Waals surface area contributed by atoms with Crippen LogP contribution in [0.4, 0.5) is 0 Å². The zero-order valence-electron chi connectivity index (χ0n) is 5.83. The second kappa shape index (κ2) is 4.74. The summed E-state index contributed by atoms with van der Waals surface area (Å²) in [5.74, 6) is 0. The molecule has 4 nitrogen and oxygen atoms in total. The molecule has 1 aliphatic heterocycles. The average molecular weight is 291 g/mol. The topological polar surface area (TPSA) is 58.6 Å². The molecule has 0 N–H and O–H groups in total. The van der Waals surface area contributed by atoms with Gasteiger partial charge in [0.25, 0.3) is 0 Å². The van der Waals surface area contributed by atoms with E-state index in [1.807, 2.05) is 0 Å². The third-order valence-electron chi connectivity index (χ3n) is 1.54. The summed E-state index contributed by atoms with van der Waals surface area (Å²) in [5, 5.41) is 1.49. The highest BCUT2D eigenvalue weighted by molar-refractivity contribution is 9.09. The van der Waals surface area contributed by atoms with Gasteiger partial charge in [-0.1, -0.05) is 21.0 Å². The average Bonchev–Trinajstić information content (AvgIpc) is 1.93. The van der Waals surface area contributed by atoms with E-state index in [1.165, 1.54) is 5.06 Å². The Labute approximate surface area is 79.0 Å². The van der Waals surface area contributed by atoms with Crippen LogP contribution < -0.4 is 8.40 Å². The number of piperidine rings is 1. The predicted octanol–water partition coefficient (Wildman–Crippen LogP) is -1.14. The highest BCUT2D eigenvalue weighted by Crippen LogP contribution is 2.17. The minimum absolute atomic E-state index is 0.511. The molecule has 0 aromatic carbocycles. The number of halogens is 2. The summed E-state index contributed by atoms with van der Waals surface area (Å²) in [6, 6.07) is 0. The zero-order chi connectivity index (χ0) is 8.27. The van der Waals surface area contributed by atoms with Crippen LogP contribution in [0.1, 0.15) is 12.8 Å². The molecule has 1 rings (SSSR count). The van der Waals surface area contributed by atoms with Gasteiger partial charge in [-0.15, -0.1) is 0 Å². The highest BCUT2D eigenvalue weighted by atomic mass is 80.0. The van der Waals surface area contributed by atoms with Crippen LogP contribution in [0.3, 0.4) is 0 Å². The molecular weight excluding hydrogens is 282 g/mol. The van der Waals surface area contributed by atoms with Gasteiger partial charge in [0.05, 0.1) is 3.93 Å². The Hall–Kier alpha value is 0.800. The Balaban J connectivity index is 2.17. The fourth-order valence-corrected chi connectivity index (χ4v) is 2.01. The quantitative estimate of drug-likeness (QED) is 0.604. The lowest BCUT2D eigenvalue weighted by Gasteiger charge is -2.22. The Kier molecular flexibility index (Phi) is 4.26. The van der Waals surface area contributed by atoms with Crippen molar-refractivity contribution in [2.45, 2.75) is 17.7 Å². The van der Waals surface area contributed by atoms with Crippen molar-refractivity contribution in [2.24, 2.45) is 0 Å². The van der Waals surface area contributed by atoms with Crippen LogP contribution >= 0.6 is 15.9 Å². The van der Waals surface area contributed by atoms with Crippen molar-refractivity contribution in [1.29, 1.82) is 0 Å². The molecule has 0 radical (unpaired) electrons. The van der Waals surface area contributed by atoms with Gasteiger partial charge in [0, 0.05) is 17.9 Å². The van der Waals surface area contributed by atoms with E-state index >= 15 is 0 Å². The van der Waals surface area contributed by atoms with Gasteiger partial charge in [0.1, 0.15) is 0 Å². The molecule has 0 aromatic rings. The van der Waals surface area contributed by atoms with Gasteiger partial charge < -0.3 is 8.40 Å². The molecule has 0 aliphatic carbocycles. The third kappa shape index (κ3) is 3.82. The number of hydrogen-bond acceptors (Lipinski definition) is 4. The lowest BCUT2D eigenvalue weighted by atomic mass is 10.2. The molecule has 0 unspecified atom stereocenters. The number of nitrogens with zero attached hydrogens (tertiary/aromatic N) is 1. The largest absolute Gasteiger partial charge is 0.464 e. The first-order chi connectivity index (χ1) is 5.18. The van der Waals surface area contributed by atoms with Gasteiger partial charge in [0.15, 0.2) is 0 Å². The van der Waals surface area contributed by atoms with Crippen LogP contribution in [0.2, 0.25) is 0 Å². The summed E-state index contributed by atoms with van der Waals surface area (Å²) >= 11 is 0.392. The zero-order valence-corrected chi connectivity index (χ0v) is 9.01. The van der Waals surface area contributed by atoms with Crippen molar-refractivity contribution in [3.63, 3.8) is 0 Å². The van der Waals surface area contributed by atoms with E-state index in [-0.39, 0.29) is 0 Å². The molecule has 0 spiro atoms. The second-order valence-corrected chi connectivity index (χ2v) is 4.74. The lowest BCUT2D eigenvalue weighted by Crippen LogP contribution is -2.44. The Morgan fingerprint density at radius 3 is 2.36 bits per heavy atom. The van der Waals surface area contributed by atoms with Crippen LogP contribution in [-0.2, 0) is 3.93 Å². The maximum atomic E-state index is 10.1. The normalized spacial score (nSPS) is 22.9. The maximum Gasteiger partial charge on any atom is 0.464 e.